The smallest absolute Gasteiger partial charge is 0.298 e. The lowest BCUT2D eigenvalue weighted by Crippen LogP contribution is -2.46. The molecule has 1 fully saturated rings. The molecule has 1 heterocycles. The lowest BCUT2D eigenvalue weighted by Gasteiger charge is -2.53. The molecule has 4 nitrogen and oxygen atoms in total. The first-order valence-corrected chi connectivity index (χ1v) is 9.96. The van der Waals surface area contributed by atoms with Crippen molar-refractivity contribution in [2.75, 3.05) is 0 Å². The SMILES string of the molecule is CC1(C)CCCC2(C)c3ccc(OC=O)cc3-c3nc4ccccc4nc3C12. The Bertz CT molecular complexity index is 1100. The van der Waals surface area contributed by atoms with Gasteiger partial charge >= 0.3 is 0 Å². The first-order chi connectivity index (χ1) is 13.4. The number of nitrogens with zero attached hydrogens (tertiary/aromatic N) is 2. The average Bonchev–Trinajstić information content (AvgIpc) is 2.66. The van der Waals surface area contributed by atoms with Crippen molar-refractivity contribution in [3.05, 3.63) is 53.7 Å². The molecule has 1 aromatic heterocycles. The standard InChI is InChI=1S/C24H24N2O2/c1-23(2)11-6-12-24(3)17-10-9-15(28-14-27)13-16(17)20-21(22(23)24)26-19-8-5-4-7-18(19)25-20/h4-5,7-10,13-14,22H,6,11-12H2,1-3H3. The van der Waals surface area contributed by atoms with E-state index in [1.807, 2.05) is 36.4 Å². The summed E-state index contributed by atoms with van der Waals surface area (Å²) in [4.78, 5) is 21.1. The van der Waals surface area contributed by atoms with Crippen LogP contribution < -0.4 is 4.74 Å². The molecule has 2 unspecified atom stereocenters. The van der Waals surface area contributed by atoms with E-state index in [1.54, 1.807) is 0 Å². The van der Waals surface area contributed by atoms with E-state index in [9.17, 15) is 4.79 Å². The number of fused-ring (bicyclic) bond motifs is 7. The summed E-state index contributed by atoms with van der Waals surface area (Å²) >= 11 is 0. The molecule has 3 aromatic rings. The quantitative estimate of drug-likeness (QED) is 0.565. The summed E-state index contributed by atoms with van der Waals surface area (Å²) in [5, 5.41) is 0. The number of carbonyl (C=O) groups is 1. The van der Waals surface area contributed by atoms with Crippen LogP contribution in [0.3, 0.4) is 0 Å². The fourth-order valence-electron chi connectivity index (χ4n) is 5.78. The molecule has 2 aliphatic carbocycles. The number of hydrogen-bond donors (Lipinski definition) is 0. The number of carbonyl (C=O) groups excluding carboxylic acids is 1. The van der Waals surface area contributed by atoms with Gasteiger partial charge in [0.25, 0.3) is 6.47 Å². The summed E-state index contributed by atoms with van der Waals surface area (Å²) in [5.74, 6) is 0.845. The molecule has 0 spiro atoms. The zero-order valence-corrected chi connectivity index (χ0v) is 16.5. The van der Waals surface area contributed by atoms with Crippen LogP contribution in [-0.4, -0.2) is 16.4 Å². The summed E-state index contributed by atoms with van der Waals surface area (Å²) in [7, 11) is 0. The Balaban J connectivity index is 1.87. The van der Waals surface area contributed by atoms with Crippen molar-refractivity contribution < 1.29 is 9.53 Å². The fraction of sp³-hybridized carbons (Fsp3) is 0.375. The van der Waals surface area contributed by atoms with Crippen LogP contribution in [0.2, 0.25) is 0 Å². The van der Waals surface area contributed by atoms with Gasteiger partial charge < -0.3 is 4.74 Å². The molecule has 2 aliphatic rings. The minimum Gasteiger partial charge on any atom is -0.429 e. The number of rotatable bonds is 2. The van der Waals surface area contributed by atoms with Gasteiger partial charge in [-0.3, -0.25) is 4.79 Å². The molecule has 28 heavy (non-hydrogen) atoms. The van der Waals surface area contributed by atoms with E-state index < -0.39 is 0 Å². The van der Waals surface area contributed by atoms with Crippen molar-refractivity contribution in [3.8, 4) is 17.0 Å². The van der Waals surface area contributed by atoms with Crippen molar-refractivity contribution in [1.29, 1.82) is 0 Å². The molecule has 5 rings (SSSR count). The zero-order valence-electron chi connectivity index (χ0n) is 16.5. The van der Waals surface area contributed by atoms with E-state index in [4.69, 9.17) is 14.7 Å². The maximum absolute atomic E-state index is 10.9. The lowest BCUT2D eigenvalue weighted by molar-refractivity contribution is -0.120. The van der Waals surface area contributed by atoms with Crippen LogP contribution in [0.15, 0.2) is 42.5 Å². The van der Waals surface area contributed by atoms with Gasteiger partial charge in [-0.15, -0.1) is 0 Å². The second-order valence-electron chi connectivity index (χ2n) is 9.06. The van der Waals surface area contributed by atoms with Crippen LogP contribution in [-0.2, 0) is 10.2 Å². The number of hydrogen-bond acceptors (Lipinski definition) is 4. The Morgan fingerprint density at radius 1 is 1.04 bits per heavy atom. The van der Waals surface area contributed by atoms with E-state index in [0.717, 1.165) is 34.4 Å². The molecule has 1 saturated carbocycles. The van der Waals surface area contributed by atoms with Gasteiger partial charge in [0, 0.05) is 16.9 Å². The van der Waals surface area contributed by atoms with E-state index in [0.29, 0.717) is 18.1 Å². The minimum absolute atomic E-state index is 0.0130. The number of para-hydroxylation sites is 2. The fourth-order valence-corrected chi connectivity index (χ4v) is 5.78. The molecule has 0 aliphatic heterocycles. The topological polar surface area (TPSA) is 52.1 Å². The molecular weight excluding hydrogens is 348 g/mol. The first kappa shape index (κ1) is 17.4. The van der Waals surface area contributed by atoms with Gasteiger partial charge in [-0.25, -0.2) is 9.97 Å². The van der Waals surface area contributed by atoms with Gasteiger partial charge in [0.1, 0.15) is 5.75 Å². The predicted molar refractivity (Wildman–Crippen MR) is 109 cm³/mol. The molecular formula is C24H24N2O2. The third-order valence-corrected chi connectivity index (χ3v) is 6.85. The van der Waals surface area contributed by atoms with Gasteiger partial charge in [0.15, 0.2) is 0 Å². The number of aromatic nitrogens is 2. The highest BCUT2D eigenvalue weighted by molar-refractivity contribution is 5.82. The van der Waals surface area contributed by atoms with Crippen LogP contribution in [0.25, 0.3) is 22.3 Å². The monoisotopic (exact) mass is 372 g/mol. The largest absolute Gasteiger partial charge is 0.429 e. The maximum atomic E-state index is 10.9. The predicted octanol–water partition coefficient (Wildman–Crippen LogP) is 5.40. The Hall–Kier alpha value is -2.75. The van der Waals surface area contributed by atoms with Gasteiger partial charge in [-0.05, 0) is 48.1 Å². The van der Waals surface area contributed by atoms with Gasteiger partial charge in [0.05, 0.1) is 22.4 Å². The van der Waals surface area contributed by atoms with E-state index in [2.05, 4.69) is 26.8 Å². The zero-order chi connectivity index (χ0) is 19.5. The number of ether oxygens (including phenoxy) is 1. The molecule has 0 amide bonds. The Morgan fingerprint density at radius 3 is 2.54 bits per heavy atom. The number of benzene rings is 2. The van der Waals surface area contributed by atoms with E-state index >= 15 is 0 Å². The summed E-state index contributed by atoms with van der Waals surface area (Å²) in [6.45, 7) is 7.58. The highest BCUT2D eigenvalue weighted by Crippen LogP contribution is 2.62. The van der Waals surface area contributed by atoms with E-state index in [1.165, 1.54) is 18.4 Å². The van der Waals surface area contributed by atoms with Crippen LogP contribution in [0.4, 0.5) is 0 Å². The highest BCUT2D eigenvalue weighted by atomic mass is 16.5. The third kappa shape index (κ3) is 2.33. The summed E-state index contributed by atoms with van der Waals surface area (Å²) in [5.41, 5.74) is 6.31. The van der Waals surface area contributed by atoms with Crippen molar-refractivity contribution in [1.82, 2.24) is 9.97 Å². The minimum atomic E-state index is -0.0130. The average molecular weight is 372 g/mol. The molecule has 2 atom stereocenters. The summed E-state index contributed by atoms with van der Waals surface area (Å²) in [6, 6.07) is 14.0. The normalized spacial score (nSPS) is 24.8. The first-order valence-electron chi connectivity index (χ1n) is 9.96. The Morgan fingerprint density at radius 2 is 1.79 bits per heavy atom. The molecule has 0 N–H and O–H groups in total. The summed E-state index contributed by atoms with van der Waals surface area (Å²) < 4.78 is 5.16. The van der Waals surface area contributed by atoms with Crippen molar-refractivity contribution in [2.45, 2.75) is 51.4 Å². The highest BCUT2D eigenvalue weighted by Gasteiger charge is 2.53. The van der Waals surface area contributed by atoms with Crippen LogP contribution in [0, 0.1) is 5.41 Å². The van der Waals surface area contributed by atoms with Gasteiger partial charge in [-0.1, -0.05) is 45.4 Å². The van der Waals surface area contributed by atoms with Gasteiger partial charge in [-0.2, -0.15) is 0 Å². The van der Waals surface area contributed by atoms with Gasteiger partial charge in [0.2, 0.25) is 0 Å². The second kappa shape index (κ2) is 5.87. The molecule has 0 radical (unpaired) electrons. The Kier molecular flexibility index (Phi) is 3.64. The van der Waals surface area contributed by atoms with Crippen LogP contribution >= 0.6 is 0 Å². The van der Waals surface area contributed by atoms with E-state index in [-0.39, 0.29) is 10.8 Å². The summed E-state index contributed by atoms with van der Waals surface area (Å²) in [6.07, 6.45) is 3.50. The third-order valence-electron chi connectivity index (χ3n) is 6.85. The Labute approximate surface area is 165 Å². The molecule has 0 bridgehead atoms. The van der Waals surface area contributed by atoms with Crippen molar-refractivity contribution >= 4 is 17.5 Å². The maximum Gasteiger partial charge on any atom is 0.298 e. The lowest BCUT2D eigenvalue weighted by atomic mass is 9.50. The molecule has 4 heteroatoms. The van der Waals surface area contributed by atoms with Crippen LogP contribution in [0.1, 0.15) is 57.2 Å². The molecule has 2 aromatic carbocycles. The van der Waals surface area contributed by atoms with Crippen LogP contribution in [0.5, 0.6) is 5.75 Å². The second-order valence-corrected chi connectivity index (χ2v) is 9.06. The van der Waals surface area contributed by atoms with Crippen molar-refractivity contribution in [3.63, 3.8) is 0 Å². The molecule has 142 valence electrons. The molecule has 0 saturated heterocycles. The van der Waals surface area contributed by atoms with Crippen molar-refractivity contribution in [2.24, 2.45) is 5.41 Å².